The van der Waals surface area contributed by atoms with E-state index in [1.165, 1.54) is 16.8 Å². The van der Waals surface area contributed by atoms with Crippen LogP contribution in [0.2, 0.25) is 0 Å². The van der Waals surface area contributed by atoms with Crippen LogP contribution in [-0.2, 0) is 16.1 Å². The summed E-state index contributed by atoms with van der Waals surface area (Å²) >= 11 is 0. The Morgan fingerprint density at radius 1 is 1.12 bits per heavy atom. The molecule has 2 aromatic carbocycles. The number of carbonyl (C=O) groups is 2. The Morgan fingerprint density at radius 3 is 2.55 bits per heavy atom. The number of benzene rings is 2. The Labute approximate surface area is 193 Å². The molecule has 9 heteroatoms. The van der Waals surface area contributed by atoms with Gasteiger partial charge in [-0.05, 0) is 36.6 Å². The van der Waals surface area contributed by atoms with E-state index < -0.39 is 0 Å². The van der Waals surface area contributed by atoms with Gasteiger partial charge in [-0.2, -0.15) is 4.80 Å². The van der Waals surface area contributed by atoms with Gasteiger partial charge in [0.2, 0.25) is 11.7 Å². The molecule has 1 N–H and O–H groups in total. The average molecular weight is 451 g/mol. The first kappa shape index (κ1) is 23.9. The number of nitrogens with one attached hydrogen (secondary N) is 1. The summed E-state index contributed by atoms with van der Waals surface area (Å²) in [5.41, 5.74) is 2.44. The van der Waals surface area contributed by atoms with Crippen molar-refractivity contribution in [3.8, 4) is 17.1 Å². The van der Waals surface area contributed by atoms with Crippen molar-refractivity contribution < 1.29 is 14.3 Å². The van der Waals surface area contributed by atoms with E-state index in [-0.39, 0.29) is 24.9 Å². The fraction of sp³-hybridized carbons (Fsp3) is 0.375. The lowest BCUT2D eigenvalue weighted by Crippen LogP contribution is -2.43. The zero-order chi connectivity index (χ0) is 23.8. The standard InChI is InChI=1S/C24H30N6O3/c1-17(2)13-14-25-22(31)15-29(20-7-5-6-8-21(20)33-4)23(32)16-30-27-24(26-28-30)19-11-9-18(3)10-12-19/h5-12,17H,13-16H2,1-4H3,(H,25,31). The summed E-state index contributed by atoms with van der Waals surface area (Å²) in [6.07, 6.45) is 0.860. The molecule has 1 heterocycles. The zero-order valence-corrected chi connectivity index (χ0v) is 19.5. The number of para-hydroxylation sites is 2. The van der Waals surface area contributed by atoms with E-state index in [1.807, 2.05) is 31.2 Å². The Kier molecular flexibility index (Phi) is 8.12. The molecular weight excluding hydrogens is 420 g/mol. The number of tetrazole rings is 1. The summed E-state index contributed by atoms with van der Waals surface area (Å²) in [6, 6.07) is 14.8. The van der Waals surface area contributed by atoms with Crippen LogP contribution in [0.25, 0.3) is 11.4 Å². The summed E-state index contributed by atoms with van der Waals surface area (Å²) in [6.45, 7) is 6.42. The quantitative estimate of drug-likeness (QED) is 0.510. The number of nitrogens with zero attached hydrogens (tertiary/aromatic N) is 5. The van der Waals surface area contributed by atoms with E-state index in [1.54, 1.807) is 24.3 Å². The minimum Gasteiger partial charge on any atom is -0.495 e. The molecule has 3 aromatic rings. The molecule has 33 heavy (non-hydrogen) atoms. The number of rotatable bonds is 10. The fourth-order valence-corrected chi connectivity index (χ4v) is 3.19. The normalized spacial score (nSPS) is 10.8. The van der Waals surface area contributed by atoms with Gasteiger partial charge in [0, 0.05) is 12.1 Å². The lowest BCUT2D eigenvalue weighted by atomic mass is 10.1. The van der Waals surface area contributed by atoms with Crippen molar-refractivity contribution in [2.75, 3.05) is 25.1 Å². The molecule has 0 bridgehead atoms. The minimum atomic E-state index is -0.355. The SMILES string of the molecule is COc1ccccc1N(CC(=O)NCCC(C)C)C(=O)Cn1nnc(-c2ccc(C)cc2)n1. The van der Waals surface area contributed by atoms with Crippen LogP contribution >= 0.6 is 0 Å². The lowest BCUT2D eigenvalue weighted by Gasteiger charge is -2.24. The number of hydrogen-bond acceptors (Lipinski definition) is 6. The Bertz CT molecular complexity index is 1080. The van der Waals surface area contributed by atoms with Gasteiger partial charge in [-0.25, -0.2) is 0 Å². The zero-order valence-electron chi connectivity index (χ0n) is 19.5. The second-order valence-corrected chi connectivity index (χ2v) is 8.19. The third-order valence-electron chi connectivity index (χ3n) is 5.06. The van der Waals surface area contributed by atoms with Crippen LogP contribution in [-0.4, -0.2) is 52.2 Å². The molecule has 0 unspecified atom stereocenters. The molecule has 3 rings (SSSR count). The number of methoxy groups -OCH3 is 1. The van der Waals surface area contributed by atoms with Crippen molar-refractivity contribution in [2.24, 2.45) is 5.92 Å². The maximum atomic E-state index is 13.3. The van der Waals surface area contributed by atoms with Crippen molar-refractivity contribution in [1.82, 2.24) is 25.5 Å². The maximum Gasteiger partial charge on any atom is 0.251 e. The monoisotopic (exact) mass is 450 g/mol. The molecule has 0 aliphatic carbocycles. The van der Waals surface area contributed by atoms with Gasteiger partial charge in [0.25, 0.3) is 5.91 Å². The van der Waals surface area contributed by atoms with Crippen molar-refractivity contribution in [3.63, 3.8) is 0 Å². The van der Waals surface area contributed by atoms with E-state index in [9.17, 15) is 9.59 Å². The van der Waals surface area contributed by atoms with Crippen molar-refractivity contribution in [3.05, 3.63) is 54.1 Å². The number of aromatic nitrogens is 4. The van der Waals surface area contributed by atoms with Gasteiger partial charge in [-0.3, -0.25) is 14.5 Å². The van der Waals surface area contributed by atoms with E-state index in [4.69, 9.17) is 4.74 Å². The minimum absolute atomic E-state index is 0.142. The summed E-state index contributed by atoms with van der Waals surface area (Å²) in [5, 5.41) is 15.3. The first-order valence-electron chi connectivity index (χ1n) is 10.9. The summed E-state index contributed by atoms with van der Waals surface area (Å²) in [4.78, 5) is 28.5. The van der Waals surface area contributed by atoms with Gasteiger partial charge in [0.1, 0.15) is 18.8 Å². The van der Waals surface area contributed by atoms with Gasteiger partial charge in [-0.15, -0.1) is 10.2 Å². The molecule has 0 saturated heterocycles. The van der Waals surface area contributed by atoms with Gasteiger partial charge < -0.3 is 10.1 Å². The molecular formula is C24H30N6O3. The van der Waals surface area contributed by atoms with Crippen molar-refractivity contribution >= 4 is 17.5 Å². The lowest BCUT2D eigenvalue weighted by molar-refractivity contribution is -0.124. The van der Waals surface area contributed by atoms with E-state index in [0.717, 1.165) is 17.5 Å². The molecule has 9 nitrogen and oxygen atoms in total. The molecule has 0 saturated carbocycles. The highest BCUT2D eigenvalue weighted by Gasteiger charge is 2.23. The van der Waals surface area contributed by atoms with Crippen LogP contribution < -0.4 is 15.0 Å². The van der Waals surface area contributed by atoms with Gasteiger partial charge in [-0.1, -0.05) is 55.8 Å². The molecule has 0 aliphatic heterocycles. The fourth-order valence-electron chi connectivity index (χ4n) is 3.19. The topological polar surface area (TPSA) is 102 Å². The van der Waals surface area contributed by atoms with Crippen LogP contribution in [0.4, 0.5) is 5.69 Å². The number of anilines is 1. The Balaban J connectivity index is 1.77. The van der Waals surface area contributed by atoms with Crippen LogP contribution in [0.5, 0.6) is 5.75 Å². The van der Waals surface area contributed by atoms with Crippen molar-refractivity contribution in [1.29, 1.82) is 0 Å². The molecule has 0 spiro atoms. The predicted octanol–water partition coefficient (Wildman–Crippen LogP) is 2.85. The van der Waals surface area contributed by atoms with E-state index in [0.29, 0.717) is 29.7 Å². The maximum absolute atomic E-state index is 13.3. The number of aryl methyl sites for hydroxylation is 1. The highest BCUT2D eigenvalue weighted by molar-refractivity contribution is 5.99. The number of amides is 2. The second kappa shape index (κ2) is 11.2. The summed E-state index contributed by atoms with van der Waals surface area (Å²) in [7, 11) is 1.52. The largest absolute Gasteiger partial charge is 0.495 e. The van der Waals surface area contributed by atoms with Gasteiger partial charge in [0.15, 0.2) is 0 Å². The number of hydrogen-bond donors (Lipinski definition) is 1. The van der Waals surface area contributed by atoms with E-state index >= 15 is 0 Å². The highest BCUT2D eigenvalue weighted by atomic mass is 16.5. The molecule has 2 amide bonds. The van der Waals surface area contributed by atoms with E-state index in [2.05, 4.69) is 34.6 Å². The smallest absolute Gasteiger partial charge is 0.251 e. The molecule has 0 radical (unpaired) electrons. The molecule has 0 atom stereocenters. The summed E-state index contributed by atoms with van der Waals surface area (Å²) < 4.78 is 5.42. The predicted molar refractivity (Wildman–Crippen MR) is 126 cm³/mol. The first-order valence-corrected chi connectivity index (χ1v) is 10.9. The molecule has 0 fully saturated rings. The molecule has 174 valence electrons. The van der Waals surface area contributed by atoms with Crippen LogP contribution in [0, 0.1) is 12.8 Å². The molecule has 1 aromatic heterocycles. The van der Waals surface area contributed by atoms with Crippen LogP contribution in [0.3, 0.4) is 0 Å². The summed E-state index contributed by atoms with van der Waals surface area (Å²) in [5.74, 6) is 0.789. The Hall–Kier alpha value is -3.75. The average Bonchev–Trinajstić information content (AvgIpc) is 3.26. The van der Waals surface area contributed by atoms with Crippen molar-refractivity contribution in [2.45, 2.75) is 33.7 Å². The molecule has 0 aliphatic rings. The van der Waals surface area contributed by atoms with Gasteiger partial charge in [0.05, 0.1) is 12.8 Å². The number of ether oxygens (including phenoxy) is 1. The second-order valence-electron chi connectivity index (χ2n) is 8.19. The highest BCUT2D eigenvalue weighted by Crippen LogP contribution is 2.28. The van der Waals surface area contributed by atoms with Crippen LogP contribution in [0.1, 0.15) is 25.8 Å². The Morgan fingerprint density at radius 2 is 1.85 bits per heavy atom. The van der Waals surface area contributed by atoms with Gasteiger partial charge >= 0.3 is 0 Å². The third-order valence-corrected chi connectivity index (χ3v) is 5.06. The third kappa shape index (κ3) is 6.61. The first-order chi connectivity index (χ1) is 15.9. The number of carbonyl (C=O) groups excluding carboxylic acids is 2. The van der Waals surface area contributed by atoms with Crippen LogP contribution in [0.15, 0.2) is 48.5 Å².